The van der Waals surface area contributed by atoms with Gasteiger partial charge >= 0.3 is 0 Å². The third-order valence-electron chi connectivity index (χ3n) is 4.82. The number of piperazine rings is 1. The molecule has 1 saturated carbocycles. The lowest BCUT2D eigenvalue weighted by molar-refractivity contribution is 0.111. The van der Waals surface area contributed by atoms with Crippen LogP contribution in [0.25, 0.3) is 0 Å². The van der Waals surface area contributed by atoms with Crippen LogP contribution in [0.15, 0.2) is 29.2 Å². The molecule has 3 rings (SSSR count). The van der Waals surface area contributed by atoms with Gasteiger partial charge in [0.1, 0.15) is 4.90 Å². The Hall–Kier alpha value is -0.330. The quantitative estimate of drug-likeness (QED) is 0.808. The van der Waals surface area contributed by atoms with Crippen molar-refractivity contribution in [2.75, 3.05) is 26.2 Å². The smallest absolute Gasteiger partial charge is 0.244 e. The van der Waals surface area contributed by atoms with Crippen molar-refractivity contribution in [3.63, 3.8) is 0 Å². The van der Waals surface area contributed by atoms with E-state index < -0.39 is 10.0 Å². The fourth-order valence-electron chi connectivity index (χ4n) is 3.55. The Morgan fingerprint density at radius 1 is 0.957 bits per heavy atom. The molecule has 0 N–H and O–H groups in total. The minimum absolute atomic E-state index is 0. The van der Waals surface area contributed by atoms with Crippen LogP contribution in [0.2, 0.25) is 5.02 Å². The monoisotopic (exact) mass is 378 g/mol. The highest BCUT2D eigenvalue weighted by molar-refractivity contribution is 7.89. The summed E-state index contributed by atoms with van der Waals surface area (Å²) in [6.07, 6.45) is 6.48. The number of halogens is 2. The van der Waals surface area contributed by atoms with Gasteiger partial charge in [-0.1, -0.05) is 43.0 Å². The molecule has 0 aromatic heterocycles. The predicted octanol–water partition coefficient (Wildman–Crippen LogP) is 3.40. The number of hydrogen-bond donors (Lipinski definition) is 0. The zero-order valence-corrected chi connectivity index (χ0v) is 15.5. The number of nitrogens with zero attached hydrogens (tertiary/aromatic N) is 2. The van der Waals surface area contributed by atoms with Crippen LogP contribution in [0.3, 0.4) is 0 Å². The van der Waals surface area contributed by atoms with Gasteiger partial charge in [-0.2, -0.15) is 4.31 Å². The maximum Gasteiger partial charge on any atom is 0.244 e. The van der Waals surface area contributed by atoms with E-state index in [1.54, 1.807) is 28.6 Å². The first kappa shape index (κ1) is 19.0. The Morgan fingerprint density at radius 3 is 2.17 bits per heavy atom. The second kappa shape index (κ2) is 8.17. The third kappa shape index (κ3) is 4.20. The van der Waals surface area contributed by atoms with Gasteiger partial charge in [0.25, 0.3) is 0 Å². The molecule has 23 heavy (non-hydrogen) atoms. The molecule has 2 fully saturated rings. The van der Waals surface area contributed by atoms with Crippen molar-refractivity contribution < 1.29 is 8.42 Å². The number of hydrogen-bond acceptors (Lipinski definition) is 3. The highest BCUT2D eigenvalue weighted by atomic mass is 35.5. The Kier molecular flexibility index (Phi) is 6.75. The summed E-state index contributed by atoms with van der Waals surface area (Å²) in [5.74, 6) is 0. The van der Waals surface area contributed by atoms with E-state index in [4.69, 9.17) is 11.6 Å². The molecule has 0 unspecified atom stereocenters. The molecule has 0 radical (unpaired) electrons. The third-order valence-corrected chi connectivity index (χ3v) is 7.22. The summed E-state index contributed by atoms with van der Waals surface area (Å²) in [6, 6.07) is 7.34. The molecule has 0 bridgehead atoms. The van der Waals surface area contributed by atoms with E-state index in [2.05, 4.69) is 4.90 Å². The van der Waals surface area contributed by atoms with Crippen LogP contribution in [0.1, 0.15) is 32.1 Å². The molecular formula is C16H24Cl2N2O2S. The van der Waals surface area contributed by atoms with Crippen LogP contribution in [0, 0.1) is 0 Å². The molecule has 0 atom stereocenters. The predicted molar refractivity (Wildman–Crippen MR) is 95.9 cm³/mol. The van der Waals surface area contributed by atoms with E-state index in [1.807, 2.05) is 0 Å². The van der Waals surface area contributed by atoms with Gasteiger partial charge in [0.15, 0.2) is 0 Å². The van der Waals surface area contributed by atoms with E-state index in [0.29, 0.717) is 24.2 Å². The van der Waals surface area contributed by atoms with Crippen LogP contribution >= 0.6 is 24.0 Å². The zero-order valence-electron chi connectivity index (χ0n) is 13.2. The Bertz CT molecular complexity index is 610. The molecule has 7 heteroatoms. The van der Waals surface area contributed by atoms with Crippen molar-refractivity contribution in [2.45, 2.75) is 43.0 Å². The molecular weight excluding hydrogens is 355 g/mol. The summed E-state index contributed by atoms with van der Waals surface area (Å²) >= 11 is 6.06. The number of rotatable bonds is 3. The average Bonchev–Trinajstić information content (AvgIpc) is 2.56. The number of benzene rings is 1. The van der Waals surface area contributed by atoms with Crippen molar-refractivity contribution in [3.8, 4) is 0 Å². The van der Waals surface area contributed by atoms with E-state index in [-0.39, 0.29) is 17.3 Å². The molecule has 0 amide bonds. The molecule has 2 aliphatic rings. The summed E-state index contributed by atoms with van der Waals surface area (Å²) in [7, 11) is -3.47. The van der Waals surface area contributed by atoms with Gasteiger partial charge in [0.05, 0.1) is 5.02 Å². The molecule has 1 aliphatic carbocycles. The van der Waals surface area contributed by atoms with Crippen molar-refractivity contribution in [1.82, 2.24) is 9.21 Å². The maximum atomic E-state index is 12.7. The van der Waals surface area contributed by atoms with Crippen molar-refractivity contribution >= 4 is 34.0 Å². The fraction of sp³-hybridized carbons (Fsp3) is 0.625. The molecule has 1 heterocycles. The van der Waals surface area contributed by atoms with Gasteiger partial charge in [-0.05, 0) is 25.0 Å². The van der Waals surface area contributed by atoms with Crippen LogP contribution in [-0.4, -0.2) is 49.8 Å². The first-order chi connectivity index (χ1) is 10.6. The molecule has 4 nitrogen and oxygen atoms in total. The topological polar surface area (TPSA) is 40.6 Å². The van der Waals surface area contributed by atoms with Crippen molar-refractivity contribution in [3.05, 3.63) is 29.3 Å². The fourth-order valence-corrected chi connectivity index (χ4v) is 5.46. The second-order valence-corrected chi connectivity index (χ2v) is 8.48. The lowest BCUT2D eigenvalue weighted by atomic mass is 9.94. The average molecular weight is 379 g/mol. The highest BCUT2D eigenvalue weighted by Gasteiger charge is 2.32. The van der Waals surface area contributed by atoms with Crippen LogP contribution in [0.4, 0.5) is 0 Å². The van der Waals surface area contributed by atoms with Crippen LogP contribution < -0.4 is 0 Å². The van der Waals surface area contributed by atoms with Gasteiger partial charge < -0.3 is 0 Å². The van der Waals surface area contributed by atoms with Gasteiger partial charge in [-0.25, -0.2) is 8.42 Å². The van der Waals surface area contributed by atoms with Crippen molar-refractivity contribution in [2.24, 2.45) is 0 Å². The zero-order chi connectivity index (χ0) is 15.6. The van der Waals surface area contributed by atoms with E-state index >= 15 is 0 Å². The summed E-state index contributed by atoms with van der Waals surface area (Å²) < 4.78 is 27.0. The molecule has 1 saturated heterocycles. The second-order valence-electron chi connectivity index (χ2n) is 6.16. The first-order valence-electron chi connectivity index (χ1n) is 8.08. The lowest BCUT2D eigenvalue weighted by Gasteiger charge is -2.40. The summed E-state index contributed by atoms with van der Waals surface area (Å²) in [5.41, 5.74) is 0. The van der Waals surface area contributed by atoms with E-state index in [1.165, 1.54) is 32.1 Å². The van der Waals surface area contributed by atoms with Crippen LogP contribution in [0.5, 0.6) is 0 Å². The molecule has 0 spiro atoms. The molecule has 1 aliphatic heterocycles. The Labute approximate surface area is 150 Å². The van der Waals surface area contributed by atoms with Crippen molar-refractivity contribution in [1.29, 1.82) is 0 Å². The largest absolute Gasteiger partial charge is 0.298 e. The summed E-state index contributed by atoms with van der Waals surface area (Å²) in [5, 5.41) is 0.303. The number of sulfonamides is 1. The molecule has 130 valence electrons. The van der Waals surface area contributed by atoms with E-state index in [0.717, 1.165) is 13.1 Å². The summed E-state index contributed by atoms with van der Waals surface area (Å²) in [6.45, 7) is 2.77. The lowest BCUT2D eigenvalue weighted by Crippen LogP contribution is -2.52. The minimum atomic E-state index is -3.47. The first-order valence-corrected chi connectivity index (χ1v) is 9.89. The highest BCUT2D eigenvalue weighted by Crippen LogP contribution is 2.27. The normalized spacial score (nSPS) is 21.8. The molecule has 1 aromatic carbocycles. The maximum absolute atomic E-state index is 12.7. The minimum Gasteiger partial charge on any atom is -0.298 e. The van der Waals surface area contributed by atoms with Gasteiger partial charge in [-0.15, -0.1) is 12.4 Å². The summed E-state index contributed by atoms with van der Waals surface area (Å²) in [4.78, 5) is 2.69. The van der Waals surface area contributed by atoms with Crippen LogP contribution in [-0.2, 0) is 10.0 Å². The Balaban J connectivity index is 0.00000192. The van der Waals surface area contributed by atoms with Gasteiger partial charge in [0.2, 0.25) is 10.0 Å². The van der Waals surface area contributed by atoms with Gasteiger partial charge in [0, 0.05) is 32.2 Å². The molecule has 1 aromatic rings. The standard InChI is InChI=1S/C16H23ClN2O2S.ClH/c17-15-8-4-5-9-16(15)22(20,21)19-12-10-18(11-13-19)14-6-2-1-3-7-14;/h4-5,8-9,14H,1-3,6-7,10-13H2;1H. The Morgan fingerprint density at radius 2 is 1.57 bits per heavy atom. The van der Waals surface area contributed by atoms with E-state index in [9.17, 15) is 8.42 Å². The van der Waals surface area contributed by atoms with Gasteiger partial charge in [-0.3, -0.25) is 4.90 Å². The SMILES string of the molecule is Cl.O=S(=O)(c1ccccc1Cl)N1CCN(C2CCCCC2)CC1.